The summed E-state index contributed by atoms with van der Waals surface area (Å²) < 4.78 is 0. The van der Waals surface area contributed by atoms with Crippen LogP contribution < -0.4 is 0 Å². The van der Waals surface area contributed by atoms with Crippen molar-refractivity contribution in [3.05, 3.63) is 58.3 Å². The van der Waals surface area contributed by atoms with Gasteiger partial charge in [-0.15, -0.1) is 0 Å². The van der Waals surface area contributed by atoms with Gasteiger partial charge < -0.3 is 5.11 Å². The minimum atomic E-state index is -1.32. The highest BCUT2D eigenvalue weighted by Crippen LogP contribution is 2.35. The number of benzene rings is 1. The number of nitro groups is 1. The number of carbonyl (C=O) groups is 1. The summed E-state index contributed by atoms with van der Waals surface area (Å²) in [6.07, 6.45) is 1.56. The maximum Gasteiger partial charge on any atom is 0.342 e. The second-order valence-corrected chi connectivity index (χ2v) is 4.55. The molecule has 0 spiro atoms. The summed E-state index contributed by atoms with van der Waals surface area (Å²) in [6, 6.07) is 9.37. The quantitative estimate of drug-likeness (QED) is 0.681. The number of para-hydroxylation sites is 1. The Kier molecular flexibility index (Phi) is 3.76. The zero-order chi connectivity index (χ0) is 13.8. The molecule has 1 aromatic heterocycles. The Morgan fingerprint density at radius 2 is 2.05 bits per heavy atom. The number of hydrogen-bond acceptors (Lipinski definition) is 5. The highest BCUT2D eigenvalue weighted by atomic mass is 32.2. The van der Waals surface area contributed by atoms with Crippen LogP contribution in [0.3, 0.4) is 0 Å². The average Bonchev–Trinajstić information content (AvgIpc) is 2.39. The van der Waals surface area contributed by atoms with Gasteiger partial charge in [0.1, 0.15) is 10.6 Å². The molecule has 0 fully saturated rings. The second kappa shape index (κ2) is 5.49. The predicted octanol–water partition coefficient (Wildman–Crippen LogP) is 2.84. The number of carboxylic acid groups (broad SMARTS) is 1. The van der Waals surface area contributed by atoms with E-state index in [1.165, 1.54) is 18.2 Å². The molecule has 0 saturated carbocycles. The van der Waals surface area contributed by atoms with Gasteiger partial charge in [-0.05, 0) is 24.3 Å². The Balaban J connectivity index is 2.48. The van der Waals surface area contributed by atoms with Crippen LogP contribution in [-0.4, -0.2) is 21.0 Å². The number of rotatable bonds is 4. The molecule has 0 bridgehead atoms. The van der Waals surface area contributed by atoms with Gasteiger partial charge in [-0.25, -0.2) is 9.78 Å². The van der Waals surface area contributed by atoms with Gasteiger partial charge in [0.05, 0.1) is 9.82 Å². The zero-order valence-electron chi connectivity index (χ0n) is 9.52. The highest BCUT2D eigenvalue weighted by molar-refractivity contribution is 7.99. The Labute approximate surface area is 112 Å². The molecule has 6 nitrogen and oxygen atoms in total. The molecule has 0 radical (unpaired) electrons. The minimum absolute atomic E-state index is 0.253. The van der Waals surface area contributed by atoms with Crippen LogP contribution in [0.25, 0.3) is 0 Å². The van der Waals surface area contributed by atoms with E-state index in [4.69, 9.17) is 5.11 Å². The second-order valence-electron chi connectivity index (χ2n) is 3.48. The van der Waals surface area contributed by atoms with E-state index in [2.05, 4.69) is 4.98 Å². The van der Waals surface area contributed by atoms with E-state index in [9.17, 15) is 14.9 Å². The number of aromatic carboxylic acids is 1. The summed E-state index contributed by atoms with van der Waals surface area (Å²) in [5.74, 6) is -1.32. The van der Waals surface area contributed by atoms with Crippen molar-refractivity contribution in [1.29, 1.82) is 0 Å². The standard InChI is InChI=1S/C12H8N2O4S/c15-12(16)8-4-3-5-9(11(8)14(17)18)19-10-6-1-2-7-13-10/h1-7H,(H,15,16). The van der Waals surface area contributed by atoms with Crippen molar-refractivity contribution >= 4 is 23.4 Å². The fourth-order valence-corrected chi connectivity index (χ4v) is 2.40. The first kappa shape index (κ1) is 13.0. The molecule has 1 N–H and O–H groups in total. The van der Waals surface area contributed by atoms with E-state index < -0.39 is 16.6 Å². The Hall–Kier alpha value is -2.41. The molecule has 0 saturated heterocycles. The van der Waals surface area contributed by atoms with E-state index >= 15 is 0 Å². The van der Waals surface area contributed by atoms with Crippen LogP contribution in [-0.2, 0) is 0 Å². The van der Waals surface area contributed by atoms with E-state index in [0.717, 1.165) is 11.8 Å². The van der Waals surface area contributed by atoms with Crippen molar-refractivity contribution in [3.8, 4) is 0 Å². The third-order valence-corrected chi connectivity index (χ3v) is 3.26. The number of nitro benzene ring substituents is 1. The van der Waals surface area contributed by atoms with Crippen molar-refractivity contribution in [1.82, 2.24) is 4.98 Å². The first-order chi connectivity index (χ1) is 9.09. The maximum absolute atomic E-state index is 11.0. The number of carboxylic acids is 1. The van der Waals surface area contributed by atoms with Crippen LogP contribution in [0.15, 0.2) is 52.5 Å². The van der Waals surface area contributed by atoms with Crippen LogP contribution >= 0.6 is 11.8 Å². The number of nitrogens with zero attached hydrogens (tertiary/aromatic N) is 2. The first-order valence-corrected chi connectivity index (χ1v) is 6.01. The summed E-state index contributed by atoms with van der Waals surface area (Å²) in [6.45, 7) is 0. The van der Waals surface area contributed by atoms with Crippen LogP contribution in [0.1, 0.15) is 10.4 Å². The van der Waals surface area contributed by atoms with Crippen LogP contribution in [0.5, 0.6) is 0 Å². The molecule has 0 aliphatic carbocycles. The Morgan fingerprint density at radius 1 is 1.26 bits per heavy atom. The molecule has 0 unspecified atom stereocenters. The fraction of sp³-hybridized carbons (Fsp3) is 0. The average molecular weight is 276 g/mol. The van der Waals surface area contributed by atoms with Crippen molar-refractivity contribution < 1.29 is 14.8 Å². The molecular weight excluding hydrogens is 268 g/mol. The lowest BCUT2D eigenvalue weighted by molar-refractivity contribution is -0.388. The third kappa shape index (κ3) is 2.89. The van der Waals surface area contributed by atoms with Crippen LogP contribution in [0.4, 0.5) is 5.69 Å². The molecule has 7 heteroatoms. The van der Waals surface area contributed by atoms with Crippen molar-refractivity contribution in [2.24, 2.45) is 0 Å². The lowest BCUT2D eigenvalue weighted by Gasteiger charge is -2.04. The van der Waals surface area contributed by atoms with Gasteiger partial charge >= 0.3 is 5.97 Å². The molecule has 0 atom stereocenters. The van der Waals surface area contributed by atoms with E-state index in [0.29, 0.717) is 5.03 Å². The molecular formula is C12H8N2O4S. The van der Waals surface area contributed by atoms with Crippen LogP contribution in [0, 0.1) is 10.1 Å². The molecule has 19 heavy (non-hydrogen) atoms. The summed E-state index contributed by atoms with van der Waals surface area (Å²) in [7, 11) is 0. The topological polar surface area (TPSA) is 93.3 Å². The third-order valence-electron chi connectivity index (χ3n) is 2.26. The van der Waals surface area contributed by atoms with Crippen molar-refractivity contribution in [2.45, 2.75) is 9.92 Å². The molecule has 0 aliphatic heterocycles. The molecule has 1 heterocycles. The summed E-state index contributed by atoms with van der Waals surface area (Å²) in [4.78, 5) is 25.7. The maximum atomic E-state index is 11.0. The van der Waals surface area contributed by atoms with Gasteiger partial charge in [-0.1, -0.05) is 23.9 Å². The molecule has 96 valence electrons. The highest BCUT2D eigenvalue weighted by Gasteiger charge is 2.24. The molecule has 2 rings (SSSR count). The fourth-order valence-electron chi connectivity index (χ4n) is 1.49. The van der Waals surface area contributed by atoms with Gasteiger partial charge in [0.25, 0.3) is 5.69 Å². The lowest BCUT2D eigenvalue weighted by atomic mass is 10.2. The van der Waals surface area contributed by atoms with Gasteiger partial charge in [-0.2, -0.15) is 0 Å². The largest absolute Gasteiger partial charge is 0.477 e. The summed E-state index contributed by atoms with van der Waals surface area (Å²) >= 11 is 1.06. The zero-order valence-corrected chi connectivity index (χ0v) is 10.3. The molecule has 1 aromatic carbocycles. The molecule has 0 amide bonds. The summed E-state index contributed by atoms with van der Waals surface area (Å²) in [5, 5.41) is 20.6. The normalized spacial score (nSPS) is 10.1. The smallest absolute Gasteiger partial charge is 0.342 e. The molecule has 0 aliphatic rings. The van der Waals surface area contributed by atoms with Gasteiger partial charge in [0.2, 0.25) is 0 Å². The number of aromatic nitrogens is 1. The minimum Gasteiger partial charge on any atom is -0.477 e. The Bertz CT molecular complexity index is 631. The summed E-state index contributed by atoms with van der Waals surface area (Å²) in [5.41, 5.74) is -0.739. The van der Waals surface area contributed by atoms with Gasteiger partial charge in [0, 0.05) is 6.20 Å². The van der Waals surface area contributed by atoms with Crippen molar-refractivity contribution in [2.75, 3.05) is 0 Å². The number of pyridine rings is 1. The molecule has 2 aromatic rings. The van der Waals surface area contributed by atoms with Gasteiger partial charge in [0.15, 0.2) is 0 Å². The predicted molar refractivity (Wildman–Crippen MR) is 68.4 cm³/mol. The van der Waals surface area contributed by atoms with Gasteiger partial charge in [-0.3, -0.25) is 10.1 Å². The SMILES string of the molecule is O=C(O)c1cccc(Sc2ccccn2)c1[N+](=O)[O-]. The van der Waals surface area contributed by atoms with E-state index in [-0.39, 0.29) is 10.5 Å². The van der Waals surface area contributed by atoms with E-state index in [1.54, 1.807) is 24.4 Å². The Morgan fingerprint density at radius 3 is 2.63 bits per heavy atom. The lowest BCUT2D eigenvalue weighted by Crippen LogP contribution is -2.03. The van der Waals surface area contributed by atoms with Crippen LogP contribution in [0.2, 0.25) is 0 Å². The monoisotopic (exact) mass is 276 g/mol. The van der Waals surface area contributed by atoms with E-state index in [1.807, 2.05) is 0 Å². The van der Waals surface area contributed by atoms with Crippen molar-refractivity contribution in [3.63, 3.8) is 0 Å². The first-order valence-electron chi connectivity index (χ1n) is 5.19. The number of hydrogen-bond donors (Lipinski definition) is 1.